The number of carbonyl (C=O) groups is 1. The quantitative estimate of drug-likeness (QED) is 0.456. The highest BCUT2D eigenvalue weighted by Gasteiger charge is 2.15. The number of carbonyl (C=O) groups excluding carboxylic acids is 1. The van der Waals surface area contributed by atoms with Crippen molar-refractivity contribution in [2.75, 3.05) is 29.7 Å². The highest BCUT2D eigenvalue weighted by Crippen LogP contribution is 2.21. The first-order valence-corrected chi connectivity index (χ1v) is 7.54. The number of nitrogens with one attached hydrogen (secondary N) is 2. The van der Waals surface area contributed by atoms with Crippen molar-refractivity contribution < 1.29 is 4.79 Å². The van der Waals surface area contributed by atoms with E-state index in [1.165, 1.54) is 18.0 Å². The van der Waals surface area contributed by atoms with Crippen LogP contribution in [0.25, 0.3) is 0 Å². The topological polar surface area (TPSA) is 92.9 Å². The summed E-state index contributed by atoms with van der Waals surface area (Å²) in [5, 5.41) is 6.35. The van der Waals surface area contributed by atoms with Crippen molar-refractivity contribution in [1.82, 2.24) is 9.97 Å². The fourth-order valence-corrected chi connectivity index (χ4v) is 2.13. The van der Waals surface area contributed by atoms with Crippen LogP contribution in [0, 0.1) is 6.92 Å². The summed E-state index contributed by atoms with van der Waals surface area (Å²) >= 11 is 1.42. The molecule has 0 aliphatic heterocycles. The van der Waals surface area contributed by atoms with Gasteiger partial charge < -0.3 is 16.4 Å². The number of hydrogen-bond acceptors (Lipinski definition) is 6. The van der Waals surface area contributed by atoms with Crippen molar-refractivity contribution in [2.45, 2.75) is 12.1 Å². The monoisotopic (exact) mass is 303 g/mol. The second kappa shape index (κ2) is 6.45. The molecule has 1 amide bonds. The average molecular weight is 303 g/mol. The SMILES string of the molecule is CNc1nc(SC)ncc1C(=O)Nc1cc(N)ccc1C. The van der Waals surface area contributed by atoms with Crippen LogP contribution >= 0.6 is 11.8 Å². The van der Waals surface area contributed by atoms with E-state index in [1.807, 2.05) is 19.2 Å². The van der Waals surface area contributed by atoms with Gasteiger partial charge in [0, 0.05) is 24.6 Å². The molecule has 0 aliphatic carbocycles. The molecule has 0 unspecified atom stereocenters. The Hall–Kier alpha value is -2.28. The fourth-order valence-electron chi connectivity index (χ4n) is 1.78. The van der Waals surface area contributed by atoms with Crippen LogP contribution in [0.1, 0.15) is 15.9 Å². The number of thioether (sulfide) groups is 1. The van der Waals surface area contributed by atoms with Gasteiger partial charge in [-0.25, -0.2) is 9.97 Å². The van der Waals surface area contributed by atoms with Crippen LogP contribution in [-0.4, -0.2) is 29.2 Å². The highest BCUT2D eigenvalue weighted by atomic mass is 32.2. The molecule has 0 fully saturated rings. The molecule has 0 atom stereocenters. The Labute approximate surface area is 127 Å². The average Bonchev–Trinajstić information content (AvgIpc) is 2.50. The number of benzene rings is 1. The summed E-state index contributed by atoms with van der Waals surface area (Å²) < 4.78 is 0. The lowest BCUT2D eigenvalue weighted by Crippen LogP contribution is -2.16. The van der Waals surface area contributed by atoms with E-state index in [2.05, 4.69) is 20.6 Å². The highest BCUT2D eigenvalue weighted by molar-refractivity contribution is 7.98. The summed E-state index contributed by atoms with van der Waals surface area (Å²) in [5.74, 6) is 0.217. The first-order valence-electron chi connectivity index (χ1n) is 6.31. The predicted molar refractivity (Wildman–Crippen MR) is 86.9 cm³/mol. The van der Waals surface area contributed by atoms with Crippen molar-refractivity contribution in [3.05, 3.63) is 35.5 Å². The molecule has 2 rings (SSSR count). The number of nitrogens with zero attached hydrogens (tertiary/aromatic N) is 2. The van der Waals surface area contributed by atoms with Gasteiger partial charge >= 0.3 is 0 Å². The van der Waals surface area contributed by atoms with Gasteiger partial charge in [0.25, 0.3) is 5.91 Å². The Kier molecular flexibility index (Phi) is 4.64. The van der Waals surface area contributed by atoms with Crippen molar-refractivity contribution in [3.8, 4) is 0 Å². The number of aromatic nitrogens is 2. The lowest BCUT2D eigenvalue weighted by atomic mass is 10.1. The molecule has 0 saturated heterocycles. The van der Waals surface area contributed by atoms with Crippen molar-refractivity contribution >= 4 is 34.9 Å². The van der Waals surface area contributed by atoms with E-state index in [1.54, 1.807) is 19.2 Å². The summed E-state index contributed by atoms with van der Waals surface area (Å²) in [6, 6.07) is 5.38. The molecule has 1 heterocycles. The summed E-state index contributed by atoms with van der Waals surface area (Å²) in [5.41, 5.74) is 8.34. The largest absolute Gasteiger partial charge is 0.399 e. The van der Waals surface area contributed by atoms with Crippen LogP contribution in [0.4, 0.5) is 17.2 Å². The Morgan fingerprint density at radius 2 is 2.14 bits per heavy atom. The van der Waals surface area contributed by atoms with Crippen molar-refractivity contribution in [3.63, 3.8) is 0 Å². The molecular formula is C14H17N5OS. The lowest BCUT2D eigenvalue weighted by Gasteiger charge is -2.11. The number of nitrogens with two attached hydrogens (primary N) is 1. The third-order valence-corrected chi connectivity index (χ3v) is 3.50. The number of amides is 1. The summed E-state index contributed by atoms with van der Waals surface area (Å²) in [6.45, 7) is 1.90. The Balaban J connectivity index is 2.30. The zero-order chi connectivity index (χ0) is 15.4. The minimum Gasteiger partial charge on any atom is -0.399 e. The number of hydrogen-bond donors (Lipinski definition) is 3. The third kappa shape index (κ3) is 3.43. The maximum Gasteiger partial charge on any atom is 0.261 e. The number of nitrogen functional groups attached to an aromatic ring is 1. The Bertz CT molecular complexity index is 674. The van der Waals surface area contributed by atoms with Crippen LogP contribution in [-0.2, 0) is 0 Å². The first kappa shape index (κ1) is 15.1. The fraction of sp³-hybridized carbons (Fsp3) is 0.214. The van der Waals surface area contributed by atoms with Gasteiger partial charge in [0.15, 0.2) is 5.16 Å². The second-order valence-corrected chi connectivity index (χ2v) is 5.17. The molecule has 21 heavy (non-hydrogen) atoms. The van der Waals surface area contributed by atoms with Gasteiger partial charge in [-0.15, -0.1) is 0 Å². The van der Waals surface area contributed by atoms with Gasteiger partial charge in [-0.3, -0.25) is 4.79 Å². The summed E-state index contributed by atoms with van der Waals surface area (Å²) in [4.78, 5) is 20.8. The lowest BCUT2D eigenvalue weighted by molar-refractivity contribution is 0.102. The van der Waals surface area contributed by atoms with Gasteiger partial charge in [0.2, 0.25) is 0 Å². The Morgan fingerprint density at radius 3 is 2.81 bits per heavy atom. The zero-order valence-corrected chi connectivity index (χ0v) is 12.9. The molecule has 1 aromatic carbocycles. The molecular weight excluding hydrogens is 286 g/mol. The molecule has 110 valence electrons. The molecule has 0 bridgehead atoms. The Morgan fingerprint density at radius 1 is 1.38 bits per heavy atom. The zero-order valence-electron chi connectivity index (χ0n) is 12.1. The normalized spacial score (nSPS) is 10.2. The van der Waals surface area contributed by atoms with Gasteiger partial charge in [0.1, 0.15) is 11.4 Å². The van der Waals surface area contributed by atoms with Crippen LogP contribution < -0.4 is 16.4 Å². The van der Waals surface area contributed by atoms with E-state index in [-0.39, 0.29) is 5.91 Å². The predicted octanol–water partition coefficient (Wildman–Crippen LogP) is 2.38. The maximum absolute atomic E-state index is 12.4. The summed E-state index contributed by atoms with van der Waals surface area (Å²) in [7, 11) is 1.72. The van der Waals surface area contributed by atoms with Gasteiger partial charge in [-0.1, -0.05) is 17.8 Å². The van der Waals surface area contributed by atoms with E-state index >= 15 is 0 Å². The first-order chi connectivity index (χ1) is 10.0. The number of anilines is 3. The molecule has 4 N–H and O–H groups in total. The maximum atomic E-state index is 12.4. The molecule has 7 heteroatoms. The molecule has 1 aromatic heterocycles. The van der Waals surface area contributed by atoms with Gasteiger partial charge in [0.05, 0.1) is 0 Å². The number of rotatable bonds is 4. The molecule has 2 aromatic rings. The standard InChI is InChI=1S/C14H17N5OS/c1-8-4-5-9(15)6-11(8)18-13(20)10-7-17-14(21-3)19-12(10)16-2/h4-7H,15H2,1-3H3,(H,18,20)(H,16,17,19). The molecule has 0 aliphatic rings. The van der Waals surface area contributed by atoms with Crippen molar-refractivity contribution in [1.29, 1.82) is 0 Å². The van der Waals surface area contributed by atoms with E-state index in [0.717, 1.165) is 5.56 Å². The van der Waals surface area contributed by atoms with Crippen LogP contribution in [0.2, 0.25) is 0 Å². The van der Waals surface area contributed by atoms with Crippen LogP contribution in [0.3, 0.4) is 0 Å². The smallest absolute Gasteiger partial charge is 0.261 e. The third-order valence-electron chi connectivity index (χ3n) is 2.94. The van der Waals surface area contributed by atoms with E-state index in [0.29, 0.717) is 27.9 Å². The van der Waals surface area contributed by atoms with E-state index in [9.17, 15) is 4.79 Å². The minimum atomic E-state index is -0.277. The molecule has 0 saturated carbocycles. The van der Waals surface area contributed by atoms with Gasteiger partial charge in [-0.05, 0) is 30.9 Å². The van der Waals surface area contributed by atoms with Crippen LogP contribution in [0.15, 0.2) is 29.6 Å². The molecule has 6 nitrogen and oxygen atoms in total. The number of aryl methyl sites for hydroxylation is 1. The second-order valence-electron chi connectivity index (χ2n) is 4.40. The van der Waals surface area contributed by atoms with Gasteiger partial charge in [-0.2, -0.15) is 0 Å². The summed E-state index contributed by atoms with van der Waals surface area (Å²) in [6.07, 6.45) is 3.40. The molecule has 0 spiro atoms. The van der Waals surface area contributed by atoms with E-state index in [4.69, 9.17) is 5.73 Å². The minimum absolute atomic E-state index is 0.277. The van der Waals surface area contributed by atoms with E-state index < -0.39 is 0 Å². The van der Waals surface area contributed by atoms with Crippen LogP contribution in [0.5, 0.6) is 0 Å². The molecule has 0 radical (unpaired) electrons. The van der Waals surface area contributed by atoms with Crippen molar-refractivity contribution in [2.24, 2.45) is 0 Å².